The number of aromatic nitrogens is 1. The first-order valence-electron chi connectivity index (χ1n) is 15.4. The van der Waals surface area contributed by atoms with E-state index in [9.17, 15) is 0 Å². The van der Waals surface area contributed by atoms with Gasteiger partial charge in [0.15, 0.2) is 0 Å². The predicted octanol–water partition coefficient (Wildman–Crippen LogP) is 11.7. The zero-order valence-corrected chi connectivity index (χ0v) is 24.8. The van der Waals surface area contributed by atoms with E-state index in [-0.39, 0.29) is 0 Å². The lowest BCUT2D eigenvalue weighted by Crippen LogP contribution is -1.94. The second kappa shape index (κ2) is 11.6. The first kappa shape index (κ1) is 26.7. The molecular weight excluding hydrogens is 542 g/mol. The molecule has 1 heteroatoms. The molecule has 0 aliphatic rings. The van der Waals surface area contributed by atoms with E-state index in [2.05, 4.69) is 193 Å². The third-order valence-corrected chi connectivity index (χ3v) is 8.59. The van der Waals surface area contributed by atoms with Gasteiger partial charge >= 0.3 is 0 Å². The van der Waals surface area contributed by atoms with Crippen LogP contribution in [0.25, 0.3) is 61.4 Å². The third-order valence-electron chi connectivity index (χ3n) is 8.59. The van der Waals surface area contributed by atoms with Crippen molar-refractivity contribution in [2.24, 2.45) is 0 Å². The van der Waals surface area contributed by atoms with Crippen LogP contribution in [0.1, 0.15) is 16.7 Å². The second-order valence-corrected chi connectivity index (χ2v) is 11.4. The molecule has 45 heavy (non-hydrogen) atoms. The zero-order chi connectivity index (χ0) is 30.0. The van der Waals surface area contributed by atoms with E-state index >= 15 is 0 Å². The van der Waals surface area contributed by atoms with Crippen molar-refractivity contribution in [3.63, 3.8) is 0 Å². The smallest absolute Gasteiger partial charge is 0.0547 e. The number of para-hydroxylation sites is 1. The Balaban J connectivity index is 1.30. The van der Waals surface area contributed by atoms with E-state index in [4.69, 9.17) is 0 Å². The first-order chi connectivity index (χ1) is 22.3. The van der Waals surface area contributed by atoms with Crippen LogP contribution < -0.4 is 0 Å². The fourth-order valence-electron chi connectivity index (χ4n) is 6.40. The first-order valence-corrected chi connectivity index (χ1v) is 15.4. The van der Waals surface area contributed by atoms with E-state index in [0.29, 0.717) is 0 Å². The van der Waals surface area contributed by atoms with Gasteiger partial charge in [-0.25, -0.2) is 0 Å². The summed E-state index contributed by atoms with van der Waals surface area (Å²) in [6.45, 7) is 0. The summed E-state index contributed by atoms with van der Waals surface area (Å²) < 4.78 is 2.41. The maximum atomic E-state index is 2.41. The summed E-state index contributed by atoms with van der Waals surface area (Å²) in [4.78, 5) is 0. The molecule has 0 saturated heterocycles. The molecule has 1 nitrogen and oxygen atoms in total. The van der Waals surface area contributed by atoms with Gasteiger partial charge in [0.1, 0.15) is 0 Å². The molecule has 0 N–H and O–H groups in total. The molecule has 0 unspecified atom stereocenters. The number of fused-ring (bicyclic) bond motifs is 3. The minimum atomic E-state index is 1.16. The largest absolute Gasteiger partial charge is 0.309 e. The highest BCUT2D eigenvalue weighted by Crippen LogP contribution is 2.37. The molecule has 1 aromatic heterocycles. The summed E-state index contributed by atoms with van der Waals surface area (Å²) in [5.74, 6) is 0. The van der Waals surface area contributed by atoms with Crippen molar-refractivity contribution in [2.75, 3.05) is 0 Å². The standard InChI is InChI=1S/C44H31N/c1-5-14-32(15-6-1)28-42(34-18-9-3-10-19-34)38-21-13-20-35(29-38)37-25-27-41-40-26-24-36(33-16-7-2-8-17-33)30-43(40)45(44(41)31-37)39-22-11-4-12-23-39/h1-31H. The van der Waals surface area contributed by atoms with E-state index in [0.717, 1.165) is 5.69 Å². The maximum Gasteiger partial charge on any atom is 0.0547 e. The fourth-order valence-corrected chi connectivity index (χ4v) is 6.40. The summed E-state index contributed by atoms with van der Waals surface area (Å²) >= 11 is 0. The summed E-state index contributed by atoms with van der Waals surface area (Å²) in [6, 6.07) is 65.3. The Bertz CT molecular complexity index is 2280. The molecule has 0 fully saturated rings. The maximum absolute atomic E-state index is 2.41. The van der Waals surface area contributed by atoms with Gasteiger partial charge in [0.05, 0.1) is 11.0 Å². The average molecular weight is 574 g/mol. The minimum absolute atomic E-state index is 1.16. The van der Waals surface area contributed by atoms with E-state index in [1.807, 2.05) is 0 Å². The van der Waals surface area contributed by atoms with E-state index < -0.39 is 0 Å². The van der Waals surface area contributed by atoms with Crippen molar-refractivity contribution in [3.8, 4) is 27.9 Å². The molecule has 0 aliphatic carbocycles. The molecular formula is C44H31N. The van der Waals surface area contributed by atoms with Gasteiger partial charge in [0, 0.05) is 16.5 Å². The van der Waals surface area contributed by atoms with Gasteiger partial charge in [-0.15, -0.1) is 0 Å². The molecule has 0 spiro atoms. The molecule has 8 aromatic rings. The lowest BCUT2D eigenvalue weighted by molar-refractivity contribution is 1.18. The van der Waals surface area contributed by atoms with Crippen LogP contribution in [0.3, 0.4) is 0 Å². The van der Waals surface area contributed by atoms with E-state index in [1.165, 1.54) is 66.3 Å². The molecule has 0 bridgehead atoms. The van der Waals surface area contributed by atoms with Gasteiger partial charge in [-0.05, 0) is 80.9 Å². The van der Waals surface area contributed by atoms with Crippen molar-refractivity contribution in [1.82, 2.24) is 4.57 Å². The van der Waals surface area contributed by atoms with Crippen molar-refractivity contribution >= 4 is 33.5 Å². The summed E-state index contributed by atoms with van der Waals surface area (Å²) in [7, 11) is 0. The zero-order valence-electron chi connectivity index (χ0n) is 24.8. The van der Waals surface area contributed by atoms with Gasteiger partial charge in [-0.2, -0.15) is 0 Å². The Hall–Kier alpha value is -5.92. The van der Waals surface area contributed by atoms with Crippen LogP contribution in [0.4, 0.5) is 0 Å². The van der Waals surface area contributed by atoms with Gasteiger partial charge in [0.2, 0.25) is 0 Å². The predicted molar refractivity (Wildman–Crippen MR) is 192 cm³/mol. The molecule has 212 valence electrons. The number of rotatable bonds is 6. The molecule has 0 radical (unpaired) electrons. The topological polar surface area (TPSA) is 4.93 Å². The molecule has 0 aliphatic heterocycles. The lowest BCUT2D eigenvalue weighted by atomic mass is 9.93. The normalized spacial score (nSPS) is 11.7. The van der Waals surface area contributed by atoms with Gasteiger partial charge in [-0.3, -0.25) is 0 Å². The lowest BCUT2D eigenvalue weighted by Gasteiger charge is -2.12. The highest BCUT2D eigenvalue weighted by Gasteiger charge is 2.15. The highest BCUT2D eigenvalue weighted by atomic mass is 15.0. The molecule has 1 heterocycles. The van der Waals surface area contributed by atoms with Crippen molar-refractivity contribution in [3.05, 3.63) is 199 Å². The SMILES string of the molecule is C(=C(c1ccccc1)c1cccc(-c2ccc3c4ccc(-c5ccccc5)cc4n(-c4ccccc4)c3c2)c1)c1ccccc1. The van der Waals surface area contributed by atoms with Crippen molar-refractivity contribution < 1.29 is 0 Å². The van der Waals surface area contributed by atoms with Crippen molar-refractivity contribution in [1.29, 1.82) is 0 Å². The number of hydrogen-bond acceptors (Lipinski definition) is 0. The van der Waals surface area contributed by atoms with Crippen LogP contribution in [-0.4, -0.2) is 4.57 Å². The van der Waals surface area contributed by atoms with E-state index in [1.54, 1.807) is 0 Å². The quantitative estimate of drug-likeness (QED) is 0.174. The van der Waals surface area contributed by atoms with Crippen LogP contribution in [0, 0.1) is 0 Å². The monoisotopic (exact) mass is 573 g/mol. The Kier molecular flexibility index (Phi) is 6.90. The summed E-state index contributed by atoms with van der Waals surface area (Å²) in [6.07, 6.45) is 2.29. The van der Waals surface area contributed by atoms with Crippen molar-refractivity contribution in [2.45, 2.75) is 0 Å². The average Bonchev–Trinajstić information content (AvgIpc) is 3.45. The minimum Gasteiger partial charge on any atom is -0.309 e. The second-order valence-electron chi connectivity index (χ2n) is 11.4. The fraction of sp³-hybridized carbons (Fsp3) is 0. The molecule has 0 atom stereocenters. The molecule has 0 amide bonds. The number of benzene rings is 7. The van der Waals surface area contributed by atoms with Gasteiger partial charge in [0.25, 0.3) is 0 Å². The number of hydrogen-bond donors (Lipinski definition) is 0. The van der Waals surface area contributed by atoms with Crippen LogP contribution in [0.5, 0.6) is 0 Å². The molecule has 0 saturated carbocycles. The van der Waals surface area contributed by atoms with Crippen LogP contribution in [0.15, 0.2) is 182 Å². The highest BCUT2D eigenvalue weighted by molar-refractivity contribution is 6.11. The summed E-state index contributed by atoms with van der Waals surface area (Å²) in [5.41, 5.74) is 13.2. The Morgan fingerprint density at radius 2 is 0.867 bits per heavy atom. The Morgan fingerprint density at radius 1 is 0.378 bits per heavy atom. The Morgan fingerprint density at radius 3 is 1.51 bits per heavy atom. The van der Waals surface area contributed by atoms with Crippen LogP contribution >= 0.6 is 0 Å². The Labute approximate surface area is 264 Å². The van der Waals surface area contributed by atoms with Crippen LogP contribution in [-0.2, 0) is 0 Å². The molecule has 8 rings (SSSR count). The third kappa shape index (κ3) is 5.15. The van der Waals surface area contributed by atoms with Gasteiger partial charge < -0.3 is 4.57 Å². The number of nitrogens with zero attached hydrogens (tertiary/aromatic N) is 1. The van der Waals surface area contributed by atoms with Crippen LogP contribution in [0.2, 0.25) is 0 Å². The van der Waals surface area contributed by atoms with Gasteiger partial charge in [-0.1, -0.05) is 152 Å². The summed E-state index contributed by atoms with van der Waals surface area (Å²) in [5, 5.41) is 2.51. The molecule has 7 aromatic carbocycles.